The van der Waals surface area contributed by atoms with Crippen molar-refractivity contribution in [2.75, 3.05) is 26.9 Å². The first-order valence-electron chi connectivity index (χ1n) is 9.30. The van der Waals surface area contributed by atoms with Crippen LogP contribution in [0.5, 0.6) is 17.2 Å². The molecule has 0 spiro atoms. The molecule has 0 saturated carbocycles. The van der Waals surface area contributed by atoms with Crippen LogP contribution in [-0.4, -0.2) is 37.7 Å². The number of benzene rings is 2. The zero-order chi connectivity index (χ0) is 19.4. The van der Waals surface area contributed by atoms with Crippen LogP contribution < -0.4 is 14.2 Å². The summed E-state index contributed by atoms with van der Waals surface area (Å²) in [5, 5.41) is 0. The molecule has 0 aliphatic carbocycles. The average Bonchev–Trinajstić information content (AvgIpc) is 2.65. The van der Waals surface area contributed by atoms with Crippen LogP contribution in [0.2, 0.25) is 0 Å². The molecule has 0 radical (unpaired) electrons. The molecular weight excluding hydrogens is 342 g/mol. The van der Waals surface area contributed by atoms with Gasteiger partial charge in [0.15, 0.2) is 18.1 Å². The molecule has 144 valence electrons. The number of rotatable bonds is 6. The number of hydrogen-bond acceptors (Lipinski definition) is 4. The monoisotopic (exact) mass is 369 g/mol. The van der Waals surface area contributed by atoms with Gasteiger partial charge in [-0.25, -0.2) is 0 Å². The zero-order valence-corrected chi connectivity index (χ0v) is 16.5. The van der Waals surface area contributed by atoms with Gasteiger partial charge in [0.25, 0.3) is 5.91 Å². The Kier molecular flexibility index (Phi) is 5.89. The second kappa shape index (κ2) is 8.33. The van der Waals surface area contributed by atoms with Crippen LogP contribution in [0, 0.1) is 6.92 Å². The predicted molar refractivity (Wildman–Crippen MR) is 105 cm³/mol. The highest BCUT2D eigenvalue weighted by atomic mass is 16.6. The van der Waals surface area contributed by atoms with Crippen molar-refractivity contribution in [1.29, 1.82) is 0 Å². The summed E-state index contributed by atoms with van der Waals surface area (Å²) in [5.41, 5.74) is 3.47. The van der Waals surface area contributed by atoms with Crippen molar-refractivity contribution in [3.8, 4) is 17.2 Å². The number of amides is 1. The summed E-state index contributed by atoms with van der Waals surface area (Å²) in [6.07, 6.45) is 0. The van der Waals surface area contributed by atoms with Gasteiger partial charge >= 0.3 is 0 Å². The number of carbonyl (C=O) groups excluding carboxylic acids is 1. The van der Waals surface area contributed by atoms with Crippen molar-refractivity contribution in [3.05, 3.63) is 53.1 Å². The summed E-state index contributed by atoms with van der Waals surface area (Å²) < 4.78 is 16.8. The van der Waals surface area contributed by atoms with E-state index in [-0.39, 0.29) is 12.5 Å². The van der Waals surface area contributed by atoms with Crippen molar-refractivity contribution in [2.45, 2.75) is 33.2 Å². The summed E-state index contributed by atoms with van der Waals surface area (Å²) in [6, 6.07) is 11.7. The van der Waals surface area contributed by atoms with Crippen LogP contribution in [0.3, 0.4) is 0 Å². The lowest BCUT2D eigenvalue weighted by atomic mass is 9.98. The van der Waals surface area contributed by atoms with E-state index in [0.29, 0.717) is 25.7 Å². The fourth-order valence-corrected chi connectivity index (χ4v) is 3.19. The second-order valence-electron chi connectivity index (χ2n) is 7.19. The van der Waals surface area contributed by atoms with E-state index in [1.54, 1.807) is 11.9 Å². The largest absolute Gasteiger partial charge is 0.486 e. The summed E-state index contributed by atoms with van der Waals surface area (Å²) in [5.74, 6) is 2.60. The molecular formula is C22H27NO4. The molecule has 0 fully saturated rings. The van der Waals surface area contributed by atoms with Crippen LogP contribution in [-0.2, 0) is 11.3 Å². The highest BCUT2D eigenvalue weighted by molar-refractivity contribution is 5.77. The number of likely N-dealkylation sites (N-methyl/N-ethyl adjacent to an activating group) is 1. The Hall–Kier alpha value is -2.69. The fourth-order valence-electron chi connectivity index (χ4n) is 3.19. The van der Waals surface area contributed by atoms with Gasteiger partial charge in [-0.1, -0.05) is 26.0 Å². The van der Waals surface area contributed by atoms with Crippen LogP contribution in [0.15, 0.2) is 36.4 Å². The van der Waals surface area contributed by atoms with Gasteiger partial charge < -0.3 is 19.1 Å². The van der Waals surface area contributed by atoms with Gasteiger partial charge in [-0.2, -0.15) is 0 Å². The lowest BCUT2D eigenvalue weighted by Gasteiger charge is -2.21. The molecule has 0 atom stereocenters. The molecule has 1 heterocycles. The third-order valence-corrected chi connectivity index (χ3v) is 4.68. The van der Waals surface area contributed by atoms with Gasteiger partial charge in [-0.15, -0.1) is 0 Å². The molecule has 1 aliphatic rings. The van der Waals surface area contributed by atoms with Gasteiger partial charge in [0.05, 0.1) is 0 Å². The SMILES string of the molecule is Cc1cc(OCC(=O)N(C)Cc2ccc3c(c2)OCCO3)ccc1C(C)C. The third kappa shape index (κ3) is 4.73. The van der Waals surface area contributed by atoms with Crippen LogP contribution in [0.1, 0.15) is 36.5 Å². The van der Waals surface area contributed by atoms with E-state index in [4.69, 9.17) is 14.2 Å². The molecule has 2 aromatic carbocycles. The smallest absolute Gasteiger partial charge is 0.260 e. The molecule has 2 aromatic rings. The van der Waals surface area contributed by atoms with Crippen LogP contribution >= 0.6 is 0 Å². The molecule has 1 aliphatic heterocycles. The van der Waals surface area contributed by atoms with E-state index in [9.17, 15) is 4.79 Å². The number of hydrogen-bond donors (Lipinski definition) is 0. The molecule has 3 rings (SSSR count). The molecule has 0 aromatic heterocycles. The molecule has 27 heavy (non-hydrogen) atoms. The molecule has 0 N–H and O–H groups in total. The van der Waals surface area contributed by atoms with Crippen molar-refractivity contribution in [1.82, 2.24) is 4.90 Å². The summed E-state index contributed by atoms with van der Waals surface area (Å²) in [6.45, 7) is 8.02. The molecule has 0 saturated heterocycles. The van der Waals surface area contributed by atoms with Crippen LogP contribution in [0.25, 0.3) is 0 Å². The first-order chi connectivity index (χ1) is 12.9. The molecule has 5 heteroatoms. The fraction of sp³-hybridized carbons (Fsp3) is 0.409. The first-order valence-corrected chi connectivity index (χ1v) is 9.30. The number of fused-ring (bicyclic) bond motifs is 1. The number of nitrogens with zero attached hydrogens (tertiary/aromatic N) is 1. The van der Waals surface area contributed by atoms with Crippen molar-refractivity contribution in [3.63, 3.8) is 0 Å². The molecule has 1 amide bonds. The van der Waals surface area contributed by atoms with Gasteiger partial charge in [-0.3, -0.25) is 4.79 Å². The Bertz CT molecular complexity index is 816. The van der Waals surface area contributed by atoms with E-state index < -0.39 is 0 Å². The minimum Gasteiger partial charge on any atom is -0.486 e. The van der Waals surface area contributed by atoms with E-state index in [0.717, 1.165) is 22.8 Å². The Labute approximate surface area is 160 Å². The number of aryl methyl sites for hydroxylation is 1. The summed E-state index contributed by atoms with van der Waals surface area (Å²) in [4.78, 5) is 14.1. The van der Waals surface area contributed by atoms with Crippen LogP contribution in [0.4, 0.5) is 0 Å². The Morgan fingerprint density at radius 1 is 1.11 bits per heavy atom. The second-order valence-corrected chi connectivity index (χ2v) is 7.19. The predicted octanol–water partition coefficient (Wildman–Crippen LogP) is 3.93. The molecule has 0 bridgehead atoms. The summed E-state index contributed by atoms with van der Waals surface area (Å²) in [7, 11) is 1.77. The minimum absolute atomic E-state index is 0.0154. The number of carbonyl (C=O) groups is 1. The molecule has 0 unspecified atom stereocenters. The van der Waals surface area contributed by atoms with E-state index in [2.05, 4.69) is 26.8 Å². The van der Waals surface area contributed by atoms with Gasteiger partial charge in [0, 0.05) is 13.6 Å². The van der Waals surface area contributed by atoms with Gasteiger partial charge in [0.2, 0.25) is 0 Å². The topological polar surface area (TPSA) is 48.0 Å². The Morgan fingerprint density at radius 2 is 1.85 bits per heavy atom. The minimum atomic E-state index is -0.0736. The lowest BCUT2D eigenvalue weighted by molar-refractivity contribution is -0.132. The van der Waals surface area contributed by atoms with E-state index in [1.165, 1.54) is 11.1 Å². The highest BCUT2D eigenvalue weighted by Gasteiger charge is 2.15. The first kappa shape index (κ1) is 19.1. The number of ether oxygens (including phenoxy) is 3. The van der Waals surface area contributed by atoms with E-state index in [1.807, 2.05) is 30.3 Å². The maximum atomic E-state index is 12.4. The molecule has 5 nitrogen and oxygen atoms in total. The summed E-state index contributed by atoms with van der Waals surface area (Å²) >= 11 is 0. The van der Waals surface area contributed by atoms with Gasteiger partial charge in [-0.05, 0) is 53.8 Å². The quantitative estimate of drug-likeness (QED) is 0.774. The maximum absolute atomic E-state index is 12.4. The Morgan fingerprint density at radius 3 is 2.56 bits per heavy atom. The zero-order valence-electron chi connectivity index (χ0n) is 16.5. The maximum Gasteiger partial charge on any atom is 0.260 e. The van der Waals surface area contributed by atoms with Crippen molar-refractivity contribution in [2.24, 2.45) is 0 Å². The lowest BCUT2D eigenvalue weighted by Crippen LogP contribution is -2.31. The van der Waals surface area contributed by atoms with Crippen molar-refractivity contribution < 1.29 is 19.0 Å². The third-order valence-electron chi connectivity index (χ3n) is 4.68. The van der Waals surface area contributed by atoms with Gasteiger partial charge in [0.1, 0.15) is 19.0 Å². The highest BCUT2D eigenvalue weighted by Crippen LogP contribution is 2.31. The van der Waals surface area contributed by atoms with E-state index >= 15 is 0 Å². The average molecular weight is 369 g/mol. The standard InChI is InChI=1S/C22H27NO4/c1-15(2)19-7-6-18(11-16(19)3)27-14-22(24)23(4)13-17-5-8-20-21(12-17)26-10-9-25-20/h5-8,11-12,15H,9-10,13-14H2,1-4H3. The normalized spacial score (nSPS) is 12.8. The van der Waals surface area contributed by atoms with Crippen molar-refractivity contribution >= 4 is 5.91 Å². The Balaban J connectivity index is 1.55.